The quantitative estimate of drug-likeness (QED) is 0.710. The van der Waals surface area contributed by atoms with E-state index < -0.39 is 0 Å². The minimum absolute atomic E-state index is 0.0586. The molecule has 22 heavy (non-hydrogen) atoms. The van der Waals surface area contributed by atoms with Crippen LogP contribution < -0.4 is 4.74 Å². The minimum atomic E-state index is -0.368. The molecule has 2 aromatic rings. The van der Waals surface area contributed by atoms with Crippen LogP contribution in [0.5, 0.6) is 11.5 Å². The second-order valence-corrected chi connectivity index (χ2v) is 6.15. The van der Waals surface area contributed by atoms with Crippen LogP contribution in [0.4, 0.5) is 8.78 Å². The number of aromatic hydroxyl groups is 1. The second kappa shape index (κ2) is 7.89. The van der Waals surface area contributed by atoms with Crippen molar-refractivity contribution in [1.82, 2.24) is 0 Å². The number of rotatable bonds is 3. The lowest BCUT2D eigenvalue weighted by Gasteiger charge is -2.04. The van der Waals surface area contributed by atoms with Crippen molar-refractivity contribution in [3.63, 3.8) is 0 Å². The van der Waals surface area contributed by atoms with Crippen molar-refractivity contribution in [3.8, 4) is 11.5 Å². The second-order valence-electron chi connectivity index (χ2n) is 4.44. The first-order valence-electron chi connectivity index (χ1n) is 6.29. The molecule has 0 aliphatic carbocycles. The lowest BCUT2D eigenvalue weighted by molar-refractivity contribution is 0.262. The van der Waals surface area contributed by atoms with Crippen molar-refractivity contribution >= 4 is 31.9 Å². The Balaban J connectivity index is 0.000000172. The first-order valence-corrected chi connectivity index (χ1v) is 7.88. The topological polar surface area (TPSA) is 42.0 Å². The summed E-state index contributed by atoms with van der Waals surface area (Å²) in [5.41, 5.74) is 0. The normalized spacial score (nSPS) is 15.7. The van der Waals surface area contributed by atoms with E-state index >= 15 is 0 Å². The van der Waals surface area contributed by atoms with Crippen LogP contribution >= 0.6 is 31.9 Å². The number of hydrogen-bond donors (Lipinski definition) is 1. The summed E-state index contributed by atoms with van der Waals surface area (Å²) < 4.78 is 36.1. The number of phenolic OH excluding ortho intramolecular Hbond substituents is 1. The first-order chi connectivity index (χ1) is 10.5. The maximum atomic E-state index is 12.8. The van der Waals surface area contributed by atoms with Gasteiger partial charge < -0.3 is 14.6 Å². The largest absolute Gasteiger partial charge is 0.508 e. The SMILES string of the molecule is Fc1ccc(OC[C@H]2CO2)cc1Br.Oc1ccc(F)c(Br)c1. The average molecular weight is 438 g/mol. The van der Waals surface area contributed by atoms with E-state index in [4.69, 9.17) is 14.6 Å². The van der Waals surface area contributed by atoms with Gasteiger partial charge in [0.15, 0.2) is 0 Å². The molecule has 1 heterocycles. The molecule has 1 atom stereocenters. The van der Waals surface area contributed by atoms with Gasteiger partial charge in [0.1, 0.15) is 35.8 Å². The summed E-state index contributed by atoms with van der Waals surface area (Å²) in [5.74, 6) is 0.0647. The Bertz CT molecular complexity index is 649. The maximum absolute atomic E-state index is 12.8. The van der Waals surface area contributed by atoms with Gasteiger partial charge >= 0.3 is 0 Å². The van der Waals surface area contributed by atoms with Gasteiger partial charge in [0, 0.05) is 0 Å². The molecule has 2 aromatic carbocycles. The molecule has 0 radical (unpaired) electrons. The molecule has 7 heteroatoms. The van der Waals surface area contributed by atoms with E-state index in [0.717, 1.165) is 6.61 Å². The molecule has 1 aliphatic heterocycles. The summed E-state index contributed by atoms with van der Waals surface area (Å²) in [5, 5.41) is 8.74. The van der Waals surface area contributed by atoms with Gasteiger partial charge in [0.05, 0.1) is 15.6 Å². The Kier molecular flexibility index (Phi) is 6.16. The van der Waals surface area contributed by atoms with Crippen LogP contribution in [0.15, 0.2) is 45.3 Å². The fourth-order valence-electron chi connectivity index (χ4n) is 1.41. The van der Waals surface area contributed by atoms with Gasteiger partial charge in [-0.15, -0.1) is 0 Å². The molecular formula is C15H12Br2F2O3. The van der Waals surface area contributed by atoms with Crippen molar-refractivity contribution < 1.29 is 23.4 Å². The van der Waals surface area contributed by atoms with E-state index in [1.807, 2.05) is 0 Å². The third kappa shape index (κ3) is 5.55. The van der Waals surface area contributed by atoms with Crippen LogP contribution in [-0.2, 0) is 4.74 Å². The summed E-state index contributed by atoms with van der Waals surface area (Å²) >= 11 is 5.99. The number of ether oxygens (including phenoxy) is 2. The Labute approximate surface area is 143 Å². The highest BCUT2D eigenvalue weighted by molar-refractivity contribution is 9.10. The molecule has 0 unspecified atom stereocenters. The molecule has 3 rings (SSSR count). The molecule has 1 aliphatic rings. The molecule has 1 N–H and O–H groups in total. The third-order valence-corrected chi connectivity index (χ3v) is 3.85. The van der Waals surface area contributed by atoms with E-state index in [1.165, 1.54) is 24.3 Å². The molecule has 0 aromatic heterocycles. The lowest BCUT2D eigenvalue weighted by Crippen LogP contribution is -2.03. The summed E-state index contributed by atoms with van der Waals surface area (Å²) in [7, 11) is 0. The Morgan fingerprint density at radius 1 is 1.09 bits per heavy atom. The Hall–Kier alpha value is -1.18. The molecule has 1 fully saturated rings. The highest BCUT2D eigenvalue weighted by atomic mass is 79.9. The third-order valence-electron chi connectivity index (χ3n) is 2.63. The predicted molar refractivity (Wildman–Crippen MR) is 85.1 cm³/mol. The molecule has 1 saturated heterocycles. The number of benzene rings is 2. The molecule has 0 amide bonds. The standard InChI is InChI=1S/C9H8BrFO2.C6H4BrFO/c10-8-3-6(1-2-9(8)11)12-4-7-5-13-7;7-5-3-4(9)1-2-6(5)8/h1-3,7H,4-5H2;1-3,9H/t7-;/m0./s1. The minimum Gasteiger partial charge on any atom is -0.508 e. The predicted octanol–water partition coefficient (Wildman–Crippen LogP) is 4.66. The fourth-order valence-corrected chi connectivity index (χ4v) is 2.13. The summed E-state index contributed by atoms with van der Waals surface area (Å²) in [6, 6.07) is 8.36. The zero-order chi connectivity index (χ0) is 16.1. The van der Waals surface area contributed by atoms with Crippen LogP contribution in [0.1, 0.15) is 0 Å². The summed E-state index contributed by atoms with van der Waals surface area (Å²) in [4.78, 5) is 0. The van der Waals surface area contributed by atoms with Gasteiger partial charge in [0.25, 0.3) is 0 Å². The van der Waals surface area contributed by atoms with Crippen LogP contribution in [-0.4, -0.2) is 24.4 Å². The monoisotopic (exact) mass is 436 g/mol. The summed E-state index contributed by atoms with van der Waals surface area (Å²) in [6.07, 6.45) is 0.226. The van der Waals surface area contributed by atoms with E-state index in [0.29, 0.717) is 16.8 Å². The molecule has 3 nitrogen and oxygen atoms in total. The van der Waals surface area contributed by atoms with E-state index in [1.54, 1.807) is 12.1 Å². The van der Waals surface area contributed by atoms with Gasteiger partial charge in [-0.05, 0) is 68.3 Å². The number of hydrogen-bond acceptors (Lipinski definition) is 3. The zero-order valence-electron chi connectivity index (χ0n) is 11.2. The summed E-state index contributed by atoms with van der Waals surface area (Å²) in [6.45, 7) is 1.31. The smallest absolute Gasteiger partial charge is 0.137 e. The Morgan fingerprint density at radius 3 is 2.18 bits per heavy atom. The van der Waals surface area contributed by atoms with Gasteiger partial charge in [-0.25, -0.2) is 8.78 Å². The maximum Gasteiger partial charge on any atom is 0.137 e. The highest BCUT2D eigenvalue weighted by Gasteiger charge is 2.23. The Morgan fingerprint density at radius 2 is 1.68 bits per heavy atom. The van der Waals surface area contributed by atoms with Gasteiger partial charge in [0.2, 0.25) is 0 Å². The zero-order valence-corrected chi connectivity index (χ0v) is 14.4. The molecule has 118 valence electrons. The van der Waals surface area contributed by atoms with E-state index in [2.05, 4.69) is 31.9 Å². The van der Waals surface area contributed by atoms with Crippen molar-refractivity contribution in [2.75, 3.05) is 13.2 Å². The highest BCUT2D eigenvalue weighted by Crippen LogP contribution is 2.22. The number of epoxide rings is 1. The van der Waals surface area contributed by atoms with Crippen molar-refractivity contribution in [1.29, 1.82) is 0 Å². The van der Waals surface area contributed by atoms with Crippen LogP contribution in [0.3, 0.4) is 0 Å². The number of halogens is 4. The van der Waals surface area contributed by atoms with Crippen molar-refractivity contribution in [2.45, 2.75) is 6.10 Å². The van der Waals surface area contributed by atoms with E-state index in [-0.39, 0.29) is 28.0 Å². The molecule has 0 spiro atoms. The molecule has 0 bridgehead atoms. The van der Waals surface area contributed by atoms with Gasteiger partial charge in [-0.3, -0.25) is 0 Å². The number of phenols is 1. The van der Waals surface area contributed by atoms with E-state index in [9.17, 15) is 8.78 Å². The van der Waals surface area contributed by atoms with Crippen molar-refractivity contribution in [2.24, 2.45) is 0 Å². The van der Waals surface area contributed by atoms with Gasteiger partial charge in [-0.1, -0.05) is 0 Å². The fraction of sp³-hybridized carbons (Fsp3) is 0.200. The van der Waals surface area contributed by atoms with Crippen LogP contribution in [0.2, 0.25) is 0 Å². The molecule has 0 saturated carbocycles. The lowest BCUT2D eigenvalue weighted by atomic mass is 10.3. The average Bonchev–Trinajstić information content (AvgIpc) is 3.30. The van der Waals surface area contributed by atoms with Crippen LogP contribution in [0, 0.1) is 11.6 Å². The molecular weight excluding hydrogens is 426 g/mol. The first kappa shape index (κ1) is 17.2. The van der Waals surface area contributed by atoms with Crippen molar-refractivity contribution in [3.05, 3.63) is 57.0 Å². The van der Waals surface area contributed by atoms with Crippen LogP contribution in [0.25, 0.3) is 0 Å². The van der Waals surface area contributed by atoms with Gasteiger partial charge in [-0.2, -0.15) is 0 Å².